The summed E-state index contributed by atoms with van der Waals surface area (Å²) in [6, 6.07) is 0. The van der Waals surface area contributed by atoms with Crippen LogP contribution in [0.4, 0.5) is 0 Å². The second kappa shape index (κ2) is 8.68. The van der Waals surface area contributed by atoms with E-state index in [1.165, 1.54) is 4.88 Å². The Hall–Kier alpha value is -0.370. The SMILES string of the molecule is Cc1ncsc1CN=C(N)NCCC(C)C.I. The molecule has 1 rings (SSSR count). The van der Waals surface area contributed by atoms with Crippen molar-refractivity contribution in [1.82, 2.24) is 10.3 Å². The summed E-state index contributed by atoms with van der Waals surface area (Å²) < 4.78 is 0. The lowest BCUT2D eigenvalue weighted by atomic mass is 10.1. The number of aliphatic imine (C=N–C) groups is 1. The third-order valence-corrected chi connectivity index (χ3v) is 3.19. The lowest BCUT2D eigenvalue weighted by Crippen LogP contribution is -2.32. The van der Waals surface area contributed by atoms with Gasteiger partial charge >= 0.3 is 0 Å². The minimum atomic E-state index is 0. The number of nitrogens with two attached hydrogens (primary N) is 1. The van der Waals surface area contributed by atoms with E-state index in [1.54, 1.807) is 11.3 Å². The lowest BCUT2D eigenvalue weighted by molar-refractivity contribution is 0.576. The summed E-state index contributed by atoms with van der Waals surface area (Å²) in [5, 5.41) is 3.11. The van der Waals surface area contributed by atoms with E-state index in [4.69, 9.17) is 5.73 Å². The van der Waals surface area contributed by atoms with Gasteiger partial charge < -0.3 is 11.1 Å². The smallest absolute Gasteiger partial charge is 0.188 e. The molecule has 1 aromatic heterocycles. The van der Waals surface area contributed by atoms with Gasteiger partial charge in [-0.3, -0.25) is 0 Å². The fourth-order valence-corrected chi connectivity index (χ4v) is 1.88. The molecule has 0 aliphatic rings. The van der Waals surface area contributed by atoms with Gasteiger partial charge in [-0.1, -0.05) is 13.8 Å². The van der Waals surface area contributed by atoms with E-state index in [1.807, 2.05) is 12.4 Å². The van der Waals surface area contributed by atoms with E-state index in [9.17, 15) is 0 Å². The standard InChI is InChI=1S/C11H20N4S.HI/c1-8(2)4-5-13-11(12)14-6-10-9(3)15-7-16-10;/h7-8H,4-6H2,1-3H3,(H3,12,13,14);1H. The van der Waals surface area contributed by atoms with Crippen LogP contribution in [0.25, 0.3) is 0 Å². The Labute approximate surface area is 124 Å². The van der Waals surface area contributed by atoms with E-state index in [0.29, 0.717) is 18.4 Å². The molecule has 1 heterocycles. The van der Waals surface area contributed by atoms with E-state index >= 15 is 0 Å². The summed E-state index contributed by atoms with van der Waals surface area (Å²) >= 11 is 1.62. The molecular formula is C11H21IN4S. The highest BCUT2D eigenvalue weighted by Gasteiger charge is 2.00. The number of nitrogens with zero attached hydrogens (tertiary/aromatic N) is 2. The molecule has 0 aromatic carbocycles. The molecule has 0 aliphatic carbocycles. The predicted octanol–water partition coefficient (Wildman–Crippen LogP) is 2.52. The summed E-state index contributed by atoms with van der Waals surface area (Å²) in [5.41, 5.74) is 8.63. The zero-order chi connectivity index (χ0) is 12.0. The van der Waals surface area contributed by atoms with Gasteiger partial charge in [-0.15, -0.1) is 35.3 Å². The molecule has 0 saturated heterocycles. The maximum atomic E-state index is 5.75. The van der Waals surface area contributed by atoms with Crippen LogP contribution in [0.5, 0.6) is 0 Å². The van der Waals surface area contributed by atoms with Crippen molar-refractivity contribution in [2.75, 3.05) is 6.54 Å². The number of halogens is 1. The number of rotatable bonds is 5. The number of thiazole rings is 1. The summed E-state index contributed by atoms with van der Waals surface area (Å²) in [4.78, 5) is 9.62. The summed E-state index contributed by atoms with van der Waals surface area (Å²) in [7, 11) is 0. The Balaban J connectivity index is 0.00000256. The Kier molecular flexibility index (Phi) is 8.49. The van der Waals surface area contributed by atoms with Gasteiger partial charge in [-0.2, -0.15) is 0 Å². The summed E-state index contributed by atoms with van der Waals surface area (Å²) in [5.74, 6) is 1.21. The zero-order valence-electron chi connectivity index (χ0n) is 10.6. The van der Waals surface area contributed by atoms with Crippen molar-refractivity contribution in [2.24, 2.45) is 16.6 Å². The maximum absolute atomic E-state index is 5.75. The van der Waals surface area contributed by atoms with Crippen molar-refractivity contribution >= 4 is 41.3 Å². The van der Waals surface area contributed by atoms with Crippen LogP contribution >= 0.6 is 35.3 Å². The number of guanidine groups is 1. The van der Waals surface area contributed by atoms with E-state index in [-0.39, 0.29) is 24.0 Å². The molecule has 0 spiro atoms. The summed E-state index contributed by atoms with van der Waals surface area (Å²) in [6.45, 7) is 7.88. The molecule has 3 N–H and O–H groups in total. The molecular weight excluding hydrogens is 347 g/mol. The maximum Gasteiger partial charge on any atom is 0.188 e. The molecule has 0 unspecified atom stereocenters. The van der Waals surface area contributed by atoms with Gasteiger partial charge in [0, 0.05) is 11.4 Å². The van der Waals surface area contributed by atoms with Crippen LogP contribution in [0.1, 0.15) is 30.8 Å². The fraction of sp³-hybridized carbons (Fsp3) is 0.636. The average molecular weight is 368 g/mol. The minimum Gasteiger partial charge on any atom is -0.370 e. The first-order chi connectivity index (χ1) is 7.59. The quantitative estimate of drug-likeness (QED) is 0.477. The van der Waals surface area contributed by atoms with Crippen LogP contribution in [0.15, 0.2) is 10.5 Å². The van der Waals surface area contributed by atoms with Crippen LogP contribution in [-0.4, -0.2) is 17.5 Å². The van der Waals surface area contributed by atoms with Gasteiger partial charge in [0.15, 0.2) is 5.96 Å². The van der Waals surface area contributed by atoms with Crippen LogP contribution in [0.3, 0.4) is 0 Å². The third kappa shape index (κ3) is 6.82. The van der Waals surface area contributed by atoms with Crippen molar-refractivity contribution < 1.29 is 0 Å². The molecule has 1 aromatic rings. The Morgan fingerprint density at radius 3 is 2.82 bits per heavy atom. The first-order valence-electron chi connectivity index (χ1n) is 5.52. The minimum absolute atomic E-state index is 0. The average Bonchev–Trinajstić information content (AvgIpc) is 2.60. The third-order valence-electron chi connectivity index (χ3n) is 2.27. The number of hydrogen-bond donors (Lipinski definition) is 2. The van der Waals surface area contributed by atoms with Crippen molar-refractivity contribution in [3.05, 3.63) is 16.1 Å². The molecule has 0 saturated carbocycles. The molecule has 0 aliphatic heterocycles. The molecule has 98 valence electrons. The molecule has 0 atom stereocenters. The Bertz CT molecular complexity index is 349. The number of aromatic nitrogens is 1. The highest BCUT2D eigenvalue weighted by molar-refractivity contribution is 14.0. The number of nitrogens with one attached hydrogen (secondary N) is 1. The zero-order valence-corrected chi connectivity index (χ0v) is 13.7. The largest absolute Gasteiger partial charge is 0.370 e. The fourth-order valence-electron chi connectivity index (χ4n) is 1.18. The first-order valence-corrected chi connectivity index (χ1v) is 6.40. The Morgan fingerprint density at radius 2 is 2.29 bits per heavy atom. The second-order valence-corrected chi connectivity index (χ2v) is 5.11. The molecule has 6 heteroatoms. The lowest BCUT2D eigenvalue weighted by Gasteiger charge is -2.07. The van der Waals surface area contributed by atoms with Gasteiger partial charge in [-0.05, 0) is 19.3 Å². The number of hydrogen-bond acceptors (Lipinski definition) is 3. The molecule has 17 heavy (non-hydrogen) atoms. The highest BCUT2D eigenvalue weighted by Crippen LogP contribution is 2.12. The normalized spacial score (nSPS) is 11.4. The van der Waals surface area contributed by atoms with Crippen molar-refractivity contribution in [3.8, 4) is 0 Å². The van der Waals surface area contributed by atoms with Crippen LogP contribution in [-0.2, 0) is 6.54 Å². The molecule has 4 nitrogen and oxygen atoms in total. The van der Waals surface area contributed by atoms with Crippen molar-refractivity contribution in [1.29, 1.82) is 0 Å². The monoisotopic (exact) mass is 368 g/mol. The molecule has 0 amide bonds. The van der Waals surface area contributed by atoms with Gasteiger partial charge in [0.05, 0.1) is 17.7 Å². The second-order valence-electron chi connectivity index (χ2n) is 4.17. The van der Waals surface area contributed by atoms with E-state index in [2.05, 4.69) is 29.1 Å². The van der Waals surface area contributed by atoms with Gasteiger partial charge in [0.1, 0.15) is 0 Å². The predicted molar refractivity (Wildman–Crippen MR) is 85.1 cm³/mol. The van der Waals surface area contributed by atoms with Gasteiger partial charge in [0.25, 0.3) is 0 Å². The van der Waals surface area contributed by atoms with E-state index < -0.39 is 0 Å². The van der Waals surface area contributed by atoms with Crippen LogP contribution in [0.2, 0.25) is 0 Å². The first kappa shape index (κ1) is 16.6. The van der Waals surface area contributed by atoms with E-state index in [0.717, 1.165) is 18.7 Å². The molecule has 0 bridgehead atoms. The number of aryl methyl sites for hydroxylation is 1. The van der Waals surface area contributed by atoms with Gasteiger partial charge in [0.2, 0.25) is 0 Å². The highest BCUT2D eigenvalue weighted by atomic mass is 127. The topological polar surface area (TPSA) is 63.3 Å². The molecule has 0 radical (unpaired) electrons. The van der Waals surface area contributed by atoms with Gasteiger partial charge in [-0.25, -0.2) is 9.98 Å². The van der Waals surface area contributed by atoms with Crippen LogP contribution in [0, 0.1) is 12.8 Å². The van der Waals surface area contributed by atoms with Crippen molar-refractivity contribution in [2.45, 2.75) is 33.7 Å². The van der Waals surface area contributed by atoms with Crippen LogP contribution < -0.4 is 11.1 Å². The summed E-state index contributed by atoms with van der Waals surface area (Å²) in [6.07, 6.45) is 1.11. The van der Waals surface area contributed by atoms with Crippen molar-refractivity contribution in [3.63, 3.8) is 0 Å². The Morgan fingerprint density at radius 1 is 1.59 bits per heavy atom. The molecule has 0 fully saturated rings.